The molecule has 25 heavy (non-hydrogen) atoms. The monoisotopic (exact) mass is 347 g/mol. The number of carbonyl (C=O) groups is 2. The summed E-state index contributed by atoms with van der Waals surface area (Å²) < 4.78 is 5.14. The average Bonchev–Trinajstić information content (AvgIpc) is 2.62. The van der Waals surface area contributed by atoms with Crippen molar-refractivity contribution in [3.8, 4) is 5.75 Å². The molecule has 0 spiro atoms. The third-order valence-corrected chi connectivity index (χ3v) is 4.97. The van der Waals surface area contributed by atoms with Gasteiger partial charge in [-0.2, -0.15) is 0 Å². The second-order valence-electron chi connectivity index (χ2n) is 6.86. The van der Waals surface area contributed by atoms with Gasteiger partial charge in [-0.25, -0.2) is 0 Å². The first-order valence-corrected chi connectivity index (χ1v) is 9.23. The number of aliphatic carboxylic acids is 1. The molecule has 138 valence electrons. The van der Waals surface area contributed by atoms with E-state index in [1.807, 2.05) is 12.1 Å². The van der Waals surface area contributed by atoms with Crippen LogP contribution in [0.4, 0.5) is 0 Å². The van der Waals surface area contributed by atoms with Crippen molar-refractivity contribution in [3.05, 3.63) is 29.8 Å². The quantitative estimate of drug-likeness (QED) is 0.670. The Balaban J connectivity index is 1.54. The molecule has 0 aliphatic heterocycles. The molecule has 1 aliphatic carbocycles. The summed E-state index contributed by atoms with van der Waals surface area (Å²) in [5.41, 5.74) is 1.29. The Labute approximate surface area is 149 Å². The molecule has 0 radical (unpaired) electrons. The molecule has 1 saturated carbocycles. The van der Waals surface area contributed by atoms with Gasteiger partial charge >= 0.3 is 5.97 Å². The van der Waals surface area contributed by atoms with Gasteiger partial charge in [0.25, 0.3) is 0 Å². The third-order valence-electron chi connectivity index (χ3n) is 4.97. The van der Waals surface area contributed by atoms with E-state index in [0.717, 1.165) is 44.3 Å². The molecule has 5 nitrogen and oxygen atoms in total. The molecule has 2 N–H and O–H groups in total. The van der Waals surface area contributed by atoms with Crippen LogP contribution < -0.4 is 10.1 Å². The zero-order chi connectivity index (χ0) is 18.1. The van der Waals surface area contributed by atoms with E-state index in [9.17, 15) is 9.59 Å². The zero-order valence-electron chi connectivity index (χ0n) is 15.0. The third kappa shape index (κ3) is 6.77. The lowest BCUT2D eigenvalue weighted by atomic mass is 9.86. The van der Waals surface area contributed by atoms with Gasteiger partial charge in [0.1, 0.15) is 5.75 Å². The summed E-state index contributed by atoms with van der Waals surface area (Å²) in [4.78, 5) is 22.9. The van der Waals surface area contributed by atoms with Crippen molar-refractivity contribution in [2.75, 3.05) is 7.11 Å². The number of hydrogen-bond donors (Lipinski definition) is 2. The molecule has 0 aromatic heterocycles. The van der Waals surface area contributed by atoms with E-state index in [-0.39, 0.29) is 17.9 Å². The standard InChI is InChI=1S/C20H29NO4/c1-25-18-13-7-15(8-14-18)5-3-2-4-6-19(22)21-17-11-9-16(10-12-17)20(23)24/h7-8,13-14,16-17H,2-6,9-12H2,1H3,(H,21,22)(H,23,24). The van der Waals surface area contributed by atoms with Crippen LogP contribution in [0.2, 0.25) is 0 Å². The van der Waals surface area contributed by atoms with Gasteiger partial charge in [0.15, 0.2) is 0 Å². The molecule has 5 heteroatoms. The van der Waals surface area contributed by atoms with Crippen LogP contribution >= 0.6 is 0 Å². The average molecular weight is 347 g/mol. The summed E-state index contributed by atoms with van der Waals surface area (Å²) in [5, 5.41) is 12.0. The minimum atomic E-state index is -0.707. The first kappa shape index (κ1) is 19.3. The Morgan fingerprint density at radius 2 is 1.76 bits per heavy atom. The lowest BCUT2D eigenvalue weighted by Gasteiger charge is -2.26. The van der Waals surface area contributed by atoms with Crippen LogP contribution in [0.15, 0.2) is 24.3 Å². The largest absolute Gasteiger partial charge is 0.497 e. The molecule has 1 aromatic carbocycles. The van der Waals surface area contributed by atoms with Crippen molar-refractivity contribution in [2.24, 2.45) is 5.92 Å². The van der Waals surface area contributed by atoms with Crippen molar-refractivity contribution in [1.29, 1.82) is 0 Å². The van der Waals surface area contributed by atoms with Crippen LogP contribution in [0.3, 0.4) is 0 Å². The topological polar surface area (TPSA) is 75.6 Å². The lowest BCUT2D eigenvalue weighted by Crippen LogP contribution is -2.38. The molecule has 0 bridgehead atoms. The predicted molar refractivity (Wildman–Crippen MR) is 96.7 cm³/mol. The number of rotatable bonds is 9. The van der Waals surface area contributed by atoms with Gasteiger partial charge in [-0.05, 0) is 62.6 Å². The lowest BCUT2D eigenvalue weighted by molar-refractivity contribution is -0.142. The summed E-state index contributed by atoms with van der Waals surface area (Å²) in [6, 6.07) is 8.27. The Morgan fingerprint density at radius 3 is 2.36 bits per heavy atom. The maximum atomic E-state index is 12.0. The zero-order valence-corrected chi connectivity index (χ0v) is 15.0. The molecule has 0 unspecified atom stereocenters. The van der Waals surface area contributed by atoms with E-state index < -0.39 is 5.97 Å². The van der Waals surface area contributed by atoms with E-state index in [2.05, 4.69) is 17.4 Å². The first-order chi connectivity index (χ1) is 12.1. The minimum Gasteiger partial charge on any atom is -0.497 e. The Kier molecular flexibility index (Phi) is 7.76. The summed E-state index contributed by atoms with van der Waals surface area (Å²) in [5.74, 6) is 0.0359. The normalized spacial score (nSPS) is 20.0. The number of ether oxygens (including phenoxy) is 1. The maximum Gasteiger partial charge on any atom is 0.306 e. The van der Waals surface area contributed by atoms with Gasteiger partial charge in [0.2, 0.25) is 5.91 Å². The molecule has 0 heterocycles. The van der Waals surface area contributed by atoms with Crippen molar-refractivity contribution in [3.63, 3.8) is 0 Å². The second kappa shape index (κ2) is 10.1. The highest BCUT2D eigenvalue weighted by atomic mass is 16.5. The summed E-state index contributed by atoms with van der Waals surface area (Å²) in [6.45, 7) is 0. The molecule has 1 aliphatic rings. The highest BCUT2D eigenvalue weighted by Gasteiger charge is 2.26. The number of aryl methyl sites for hydroxylation is 1. The van der Waals surface area contributed by atoms with Crippen molar-refractivity contribution < 1.29 is 19.4 Å². The summed E-state index contributed by atoms with van der Waals surface area (Å²) in [6.07, 6.45) is 7.47. The summed E-state index contributed by atoms with van der Waals surface area (Å²) >= 11 is 0. The smallest absolute Gasteiger partial charge is 0.306 e. The molecular formula is C20H29NO4. The van der Waals surface area contributed by atoms with Crippen molar-refractivity contribution >= 4 is 11.9 Å². The van der Waals surface area contributed by atoms with Gasteiger partial charge in [0, 0.05) is 12.5 Å². The summed E-state index contributed by atoms with van der Waals surface area (Å²) in [7, 11) is 1.66. The Morgan fingerprint density at radius 1 is 1.08 bits per heavy atom. The van der Waals surface area contributed by atoms with E-state index >= 15 is 0 Å². The predicted octanol–water partition coefficient (Wildman–Crippen LogP) is 3.56. The van der Waals surface area contributed by atoms with E-state index in [0.29, 0.717) is 19.3 Å². The Bertz CT molecular complexity index is 547. The van der Waals surface area contributed by atoms with Crippen molar-refractivity contribution in [1.82, 2.24) is 5.32 Å². The molecular weight excluding hydrogens is 318 g/mol. The molecule has 1 fully saturated rings. The minimum absolute atomic E-state index is 0.100. The second-order valence-corrected chi connectivity index (χ2v) is 6.86. The van der Waals surface area contributed by atoms with Crippen LogP contribution in [0.1, 0.15) is 56.9 Å². The van der Waals surface area contributed by atoms with Gasteiger partial charge in [-0.15, -0.1) is 0 Å². The van der Waals surface area contributed by atoms with Crippen molar-refractivity contribution in [2.45, 2.75) is 63.8 Å². The number of unbranched alkanes of at least 4 members (excludes halogenated alkanes) is 2. The number of carboxylic acids is 1. The highest BCUT2D eigenvalue weighted by Crippen LogP contribution is 2.24. The number of nitrogens with one attached hydrogen (secondary N) is 1. The molecule has 0 saturated heterocycles. The highest BCUT2D eigenvalue weighted by molar-refractivity contribution is 5.76. The number of amides is 1. The first-order valence-electron chi connectivity index (χ1n) is 9.23. The van der Waals surface area contributed by atoms with E-state index in [1.54, 1.807) is 7.11 Å². The van der Waals surface area contributed by atoms with Crippen LogP contribution in [0.25, 0.3) is 0 Å². The fraction of sp³-hybridized carbons (Fsp3) is 0.600. The fourth-order valence-corrected chi connectivity index (χ4v) is 3.37. The van der Waals surface area contributed by atoms with Crippen LogP contribution in [-0.2, 0) is 16.0 Å². The molecule has 0 atom stereocenters. The molecule has 1 aromatic rings. The van der Waals surface area contributed by atoms with Crippen LogP contribution in [0.5, 0.6) is 5.75 Å². The van der Waals surface area contributed by atoms with Crippen LogP contribution in [0, 0.1) is 5.92 Å². The maximum absolute atomic E-state index is 12.0. The number of carboxylic acid groups (broad SMARTS) is 1. The van der Waals surface area contributed by atoms with E-state index in [4.69, 9.17) is 9.84 Å². The SMILES string of the molecule is COc1ccc(CCCCCC(=O)NC2CCC(C(=O)O)CC2)cc1. The number of carbonyl (C=O) groups excluding carboxylic acids is 1. The number of benzene rings is 1. The fourth-order valence-electron chi connectivity index (χ4n) is 3.37. The number of methoxy groups -OCH3 is 1. The molecule has 1 amide bonds. The van der Waals surface area contributed by atoms with Gasteiger partial charge < -0.3 is 15.2 Å². The van der Waals surface area contributed by atoms with E-state index in [1.165, 1.54) is 5.56 Å². The van der Waals surface area contributed by atoms with Crippen LogP contribution in [-0.4, -0.2) is 30.1 Å². The van der Waals surface area contributed by atoms with Gasteiger partial charge in [0.05, 0.1) is 13.0 Å². The number of hydrogen-bond acceptors (Lipinski definition) is 3. The van der Waals surface area contributed by atoms with Gasteiger partial charge in [-0.1, -0.05) is 18.6 Å². The Hall–Kier alpha value is -2.04. The molecule has 2 rings (SSSR count). The van der Waals surface area contributed by atoms with Gasteiger partial charge in [-0.3, -0.25) is 9.59 Å².